The van der Waals surface area contributed by atoms with Crippen LogP contribution in [0.2, 0.25) is 0 Å². The molecule has 1 N–H and O–H groups in total. The first-order chi connectivity index (χ1) is 12.3. The lowest BCUT2D eigenvalue weighted by Crippen LogP contribution is -2.53. The molecule has 0 radical (unpaired) electrons. The quantitative estimate of drug-likeness (QED) is 0.889. The normalized spacial score (nSPS) is 24.9. The van der Waals surface area contributed by atoms with Crippen LogP contribution >= 0.6 is 0 Å². The van der Waals surface area contributed by atoms with E-state index in [1.54, 1.807) is 0 Å². The number of rotatable bonds is 3. The van der Waals surface area contributed by atoms with Gasteiger partial charge in [0.15, 0.2) is 0 Å². The number of nitrogens with zero attached hydrogens (tertiary/aromatic N) is 1. The number of benzene rings is 1. The molecule has 26 heavy (non-hydrogen) atoms. The van der Waals surface area contributed by atoms with E-state index >= 15 is 0 Å². The van der Waals surface area contributed by atoms with Gasteiger partial charge in [-0.2, -0.15) is 0 Å². The zero-order valence-electron chi connectivity index (χ0n) is 15.7. The van der Waals surface area contributed by atoms with Gasteiger partial charge in [-0.3, -0.25) is 0 Å². The van der Waals surface area contributed by atoms with Crippen molar-refractivity contribution in [2.45, 2.75) is 76.8 Å². The van der Waals surface area contributed by atoms with Crippen molar-refractivity contribution in [1.82, 2.24) is 10.2 Å². The second-order valence-electron chi connectivity index (χ2n) is 8.15. The van der Waals surface area contributed by atoms with Crippen molar-refractivity contribution in [2.75, 3.05) is 0 Å². The number of ether oxygens (including phenoxy) is 2. The molecule has 1 aromatic carbocycles. The Morgan fingerprint density at radius 1 is 1.12 bits per heavy atom. The van der Waals surface area contributed by atoms with E-state index in [0.717, 1.165) is 31.2 Å². The highest BCUT2D eigenvalue weighted by molar-refractivity contribution is 5.70. The predicted molar refractivity (Wildman–Crippen MR) is 97.7 cm³/mol. The lowest BCUT2D eigenvalue weighted by Gasteiger charge is -2.39. The second-order valence-corrected chi connectivity index (χ2v) is 8.15. The van der Waals surface area contributed by atoms with Gasteiger partial charge in [0.2, 0.25) is 0 Å². The highest BCUT2D eigenvalue weighted by atomic mass is 16.6. The minimum Gasteiger partial charge on any atom is -0.445 e. The molecule has 0 spiro atoms. The molecule has 6 nitrogen and oxygen atoms in total. The van der Waals surface area contributed by atoms with E-state index < -0.39 is 11.7 Å². The minimum atomic E-state index is -0.493. The summed E-state index contributed by atoms with van der Waals surface area (Å²) in [6, 6.07) is 9.90. The third-order valence-corrected chi connectivity index (χ3v) is 4.87. The first kappa shape index (κ1) is 18.5. The number of carbonyl (C=O) groups excluding carboxylic acids is 2. The minimum absolute atomic E-state index is 0.0365. The summed E-state index contributed by atoms with van der Waals surface area (Å²) < 4.78 is 10.8. The number of hydrogen-bond donors (Lipinski definition) is 1. The molecule has 0 aromatic heterocycles. The number of amides is 2. The predicted octanol–water partition coefficient (Wildman–Crippen LogP) is 3.84. The number of piperidine rings is 1. The highest BCUT2D eigenvalue weighted by Crippen LogP contribution is 2.36. The number of hydrogen-bond acceptors (Lipinski definition) is 4. The Kier molecular flexibility index (Phi) is 5.39. The number of alkyl carbamates (subject to hydrolysis) is 1. The maximum atomic E-state index is 12.5. The van der Waals surface area contributed by atoms with Crippen LogP contribution in [0.1, 0.15) is 52.0 Å². The van der Waals surface area contributed by atoms with Crippen LogP contribution in [0, 0.1) is 0 Å². The zero-order valence-corrected chi connectivity index (χ0v) is 15.7. The van der Waals surface area contributed by atoms with Gasteiger partial charge in [0.05, 0.1) is 0 Å². The van der Waals surface area contributed by atoms with E-state index in [4.69, 9.17) is 9.47 Å². The van der Waals surface area contributed by atoms with Crippen LogP contribution in [0.4, 0.5) is 9.59 Å². The molecule has 6 heteroatoms. The van der Waals surface area contributed by atoms with Crippen molar-refractivity contribution in [1.29, 1.82) is 0 Å². The van der Waals surface area contributed by atoms with E-state index in [0.29, 0.717) is 0 Å². The van der Waals surface area contributed by atoms with Crippen molar-refractivity contribution in [3.63, 3.8) is 0 Å². The number of fused-ring (bicyclic) bond motifs is 2. The number of nitrogens with one attached hydrogen (secondary N) is 1. The molecule has 1 aromatic rings. The molecule has 0 aliphatic carbocycles. The molecule has 3 atom stereocenters. The highest BCUT2D eigenvalue weighted by Gasteiger charge is 2.45. The van der Waals surface area contributed by atoms with Crippen LogP contribution in [0.15, 0.2) is 30.3 Å². The fourth-order valence-corrected chi connectivity index (χ4v) is 3.84. The average Bonchev–Trinajstić information content (AvgIpc) is 2.84. The van der Waals surface area contributed by atoms with Crippen LogP contribution in [0.5, 0.6) is 0 Å². The largest absolute Gasteiger partial charge is 0.445 e. The summed E-state index contributed by atoms with van der Waals surface area (Å²) in [5.41, 5.74) is 0.467. The van der Waals surface area contributed by atoms with Gasteiger partial charge < -0.3 is 19.7 Å². The topological polar surface area (TPSA) is 67.9 Å². The molecule has 2 heterocycles. The van der Waals surface area contributed by atoms with Crippen molar-refractivity contribution < 1.29 is 19.1 Å². The van der Waals surface area contributed by atoms with E-state index in [9.17, 15) is 9.59 Å². The molecular formula is C20H28N2O4. The van der Waals surface area contributed by atoms with Crippen LogP contribution in [-0.4, -0.2) is 40.8 Å². The molecular weight excluding hydrogens is 332 g/mol. The lowest BCUT2D eigenvalue weighted by atomic mass is 9.98. The average molecular weight is 360 g/mol. The fraction of sp³-hybridized carbons (Fsp3) is 0.600. The summed E-state index contributed by atoms with van der Waals surface area (Å²) in [5.74, 6) is 0. The molecule has 3 rings (SSSR count). The first-order valence-corrected chi connectivity index (χ1v) is 9.30. The van der Waals surface area contributed by atoms with Gasteiger partial charge in [0, 0.05) is 18.1 Å². The van der Waals surface area contributed by atoms with E-state index in [1.807, 2.05) is 56.0 Å². The summed E-state index contributed by atoms with van der Waals surface area (Å²) in [7, 11) is 0. The Labute approximate surface area is 154 Å². The summed E-state index contributed by atoms with van der Waals surface area (Å²) in [6.07, 6.45) is 2.77. The molecule has 2 aliphatic heterocycles. The Morgan fingerprint density at radius 3 is 2.31 bits per heavy atom. The maximum absolute atomic E-state index is 12.5. The van der Waals surface area contributed by atoms with E-state index in [2.05, 4.69) is 5.32 Å². The standard InChI is InChI=1S/C20H28N2O4/c1-20(2,3)26-19(24)22-16-9-10-17(22)12-15(11-16)21-18(23)25-13-14-7-5-4-6-8-14/h4-8,15-17H,9-13H2,1-3H3,(H,21,23)/t15?,16-,17+. The molecule has 1 unspecified atom stereocenters. The third kappa shape index (κ3) is 4.68. The van der Waals surface area contributed by atoms with Crippen molar-refractivity contribution in [3.05, 3.63) is 35.9 Å². The smallest absolute Gasteiger partial charge is 0.410 e. The summed E-state index contributed by atoms with van der Waals surface area (Å²) in [6.45, 7) is 5.90. The Bertz CT molecular complexity index is 627. The van der Waals surface area contributed by atoms with Crippen LogP contribution in [0.3, 0.4) is 0 Å². The Balaban J connectivity index is 1.49. The maximum Gasteiger partial charge on any atom is 0.410 e. The fourth-order valence-electron chi connectivity index (χ4n) is 3.84. The molecule has 2 bridgehead atoms. The van der Waals surface area contributed by atoms with Gasteiger partial charge in [0.1, 0.15) is 12.2 Å². The summed E-state index contributed by atoms with van der Waals surface area (Å²) >= 11 is 0. The van der Waals surface area contributed by atoms with Crippen LogP contribution in [-0.2, 0) is 16.1 Å². The Hall–Kier alpha value is -2.24. The summed E-state index contributed by atoms with van der Waals surface area (Å²) in [5, 5.41) is 2.96. The van der Waals surface area contributed by atoms with Gasteiger partial charge in [0.25, 0.3) is 0 Å². The van der Waals surface area contributed by atoms with Gasteiger partial charge in [-0.1, -0.05) is 30.3 Å². The monoisotopic (exact) mass is 360 g/mol. The van der Waals surface area contributed by atoms with E-state index in [-0.39, 0.29) is 30.8 Å². The van der Waals surface area contributed by atoms with Gasteiger partial charge in [-0.15, -0.1) is 0 Å². The summed E-state index contributed by atoms with van der Waals surface area (Å²) in [4.78, 5) is 26.4. The van der Waals surface area contributed by atoms with Crippen LogP contribution in [0.25, 0.3) is 0 Å². The second kappa shape index (κ2) is 7.56. The van der Waals surface area contributed by atoms with Crippen molar-refractivity contribution >= 4 is 12.2 Å². The third-order valence-electron chi connectivity index (χ3n) is 4.87. The molecule has 2 fully saturated rings. The van der Waals surface area contributed by atoms with Gasteiger partial charge in [-0.25, -0.2) is 9.59 Å². The number of carbonyl (C=O) groups is 2. The van der Waals surface area contributed by atoms with Gasteiger partial charge in [-0.05, 0) is 52.0 Å². The van der Waals surface area contributed by atoms with Gasteiger partial charge >= 0.3 is 12.2 Å². The van der Waals surface area contributed by atoms with Crippen molar-refractivity contribution in [2.24, 2.45) is 0 Å². The zero-order chi connectivity index (χ0) is 18.7. The van der Waals surface area contributed by atoms with Crippen LogP contribution < -0.4 is 5.32 Å². The Morgan fingerprint density at radius 2 is 1.73 bits per heavy atom. The molecule has 142 valence electrons. The first-order valence-electron chi connectivity index (χ1n) is 9.30. The molecule has 2 amide bonds. The lowest BCUT2D eigenvalue weighted by molar-refractivity contribution is 0.00476. The van der Waals surface area contributed by atoms with E-state index in [1.165, 1.54) is 0 Å². The van der Waals surface area contributed by atoms with Crippen molar-refractivity contribution in [3.8, 4) is 0 Å². The molecule has 2 aliphatic rings. The SMILES string of the molecule is CC(C)(C)OC(=O)N1[C@@H]2CC[C@H]1CC(NC(=O)OCc1ccccc1)C2. The molecule has 2 saturated heterocycles. The molecule has 0 saturated carbocycles.